The molecule has 156 valence electrons. The van der Waals surface area contributed by atoms with Crippen LogP contribution in [-0.2, 0) is 11.4 Å². The molecule has 0 unspecified atom stereocenters. The van der Waals surface area contributed by atoms with Crippen LogP contribution in [0.15, 0.2) is 47.0 Å². The van der Waals surface area contributed by atoms with Gasteiger partial charge in [-0.25, -0.2) is 4.39 Å². The van der Waals surface area contributed by atoms with E-state index < -0.39 is 11.7 Å². The molecule has 3 aromatic rings. The van der Waals surface area contributed by atoms with E-state index in [4.69, 9.17) is 25.6 Å². The van der Waals surface area contributed by atoms with Crippen LogP contribution in [0.2, 0.25) is 5.02 Å². The van der Waals surface area contributed by atoms with Crippen molar-refractivity contribution in [3.63, 3.8) is 0 Å². The van der Waals surface area contributed by atoms with Crippen molar-refractivity contribution in [2.75, 3.05) is 12.4 Å². The topological polar surface area (TPSA) is 73.6 Å². The number of carbonyl (C=O) groups excluding carboxylic acids is 1. The van der Waals surface area contributed by atoms with E-state index in [0.29, 0.717) is 29.6 Å². The Labute approximate surface area is 178 Å². The molecule has 30 heavy (non-hydrogen) atoms. The van der Waals surface area contributed by atoms with Gasteiger partial charge in [0.05, 0.1) is 23.4 Å². The molecule has 0 aliphatic rings. The molecule has 0 atom stereocenters. The summed E-state index contributed by atoms with van der Waals surface area (Å²) in [6.07, 6.45) is 2.95. The lowest BCUT2D eigenvalue weighted by Gasteiger charge is -2.11. The van der Waals surface area contributed by atoms with Crippen molar-refractivity contribution in [3.05, 3.63) is 75.9 Å². The number of hydrogen-bond acceptors (Lipinski definition) is 5. The summed E-state index contributed by atoms with van der Waals surface area (Å²) in [5.41, 5.74) is 2.70. The Hall–Kier alpha value is -3.32. The molecule has 0 saturated heterocycles. The van der Waals surface area contributed by atoms with Crippen LogP contribution in [0.5, 0.6) is 11.5 Å². The van der Waals surface area contributed by atoms with Crippen LogP contribution in [0.25, 0.3) is 6.08 Å². The molecule has 0 spiro atoms. The van der Waals surface area contributed by atoms with Crippen LogP contribution in [0.4, 0.5) is 10.1 Å². The van der Waals surface area contributed by atoms with E-state index in [2.05, 4.69) is 10.5 Å². The predicted octanol–water partition coefficient (Wildman–Crippen LogP) is 5.32. The van der Waals surface area contributed by atoms with Crippen LogP contribution in [-0.4, -0.2) is 18.2 Å². The van der Waals surface area contributed by atoms with E-state index in [0.717, 1.165) is 22.9 Å². The van der Waals surface area contributed by atoms with E-state index in [1.807, 2.05) is 13.8 Å². The fourth-order valence-corrected chi connectivity index (χ4v) is 2.81. The minimum Gasteiger partial charge on any atom is -0.493 e. The van der Waals surface area contributed by atoms with Crippen molar-refractivity contribution in [2.45, 2.75) is 20.5 Å². The number of amides is 1. The maximum absolute atomic E-state index is 13.5. The Morgan fingerprint density at radius 2 is 2.03 bits per heavy atom. The fraction of sp³-hybridized carbons (Fsp3) is 0.182. The molecular weight excluding hydrogens is 411 g/mol. The highest BCUT2D eigenvalue weighted by atomic mass is 35.5. The van der Waals surface area contributed by atoms with Crippen molar-refractivity contribution in [1.29, 1.82) is 0 Å². The largest absolute Gasteiger partial charge is 0.493 e. The second kappa shape index (κ2) is 9.45. The Morgan fingerprint density at radius 3 is 2.70 bits per heavy atom. The third-order valence-corrected chi connectivity index (χ3v) is 4.66. The number of anilines is 1. The second-order valence-corrected chi connectivity index (χ2v) is 6.86. The highest BCUT2D eigenvalue weighted by molar-refractivity contribution is 6.30. The first-order valence-electron chi connectivity index (χ1n) is 9.04. The third-order valence-electron chi connectivity index (χ3n) is 4.36. The molecule has 0 aliphatic carbocycles. The van der Waals surface area contributed by atoms with E-state index >= 15 is 0 Å². The van der Waals surface area contributed by atoms with Gasteiger partial charge in [0.1, 0.15) is 18.2 Å². The van der Waals surface area contributed by atoms with Crippen molar-refractivity contribution < 1.29 is 23.2 Å². The first kappa shape index (κ1) is 21.4. The van der Waals surface area contributed by atoms with Gasteiger partial charge < -0.3 is 19.3 Å². The zero-order valence-electron chi connectivity index (χ0n) is 16.7. The number of halogens is 2. The summed E-state index contributed by atoms with van der Waals surface area (Å²) < 4.78 is 29.8. The van der Waals surface area contributed by atoms with Crippen LogP contribution in [0.3, 0.4) is 0 Å². The number of hydrogen-bond donors (Lipinski definition) is 1. The number of rotatable bonds is 7. The number of aromatic nitrogens is 1. The minimum absolute atomic E-state index is 0.00713. The number of nitrogens with zero attached hydrogens (tertiary/aromatic N) is 1. The zero-order valence-corrected chi connectivity index (χ0v) is 17.4. The van der Waals surface area contributed by atoms with Gasteiger partial charge in [0.2, 0.25) is 5.91 Å². The van der Waals surface area contributed by atoms with Crippen LogP contribution >= 0.6 is 11.6 Å². The lowest BCUT2D eigenvalue weighted by Crippen LogP contribution is -2.07. The smallest absolute Gasteiger partial charge is 0.248 e. The number of carbonyl (C=O) groups is 1. The second-order valence-electron chi connectivity index (χ2n) is 6.45. The van der Waals surface area contributed by atoms with E-state index in [9.17, 15) is 9.18 Å². The number of nitrogens with one attached hydrogen (secondary N) is 1. The molecule has 1 amide bonds. The number of aryl methyl sites for hydroxylation is 2. The number of ether oxygens (including phenoxy) is 2. The molecule has 2 aromatic carbocycles. The Kier molecular flexibility index (Phi) is 6.74. The number of methoxy groups -OCH3 is 1. The molecule has 3 rings (SSSR count). The normalized spacial score (nSPS) is 11.0. The average molecular weight is 431 g/mol. The van der Waals surface area contributed by atoms with E-state index in [1.54, 1.807) is 24.3 Å². The molecule has 1 N–H and O–H groups in total. The van der Waals surface area contributed by atoms with Crippen molar-refractivity contribution in [1.82, 2.24) is 5.16 Å². The lowest BCUT2D eigenvalue weighted by atomic mass is 10.1. The van der Waals surface area contributed by atoms with Crippen molar-refractivity contribution in [2.24, 2.45) is 0 Å². The Balaban J connectivity index is 1.66. The Morgan fingerprint density at radius 1 is 1.23 bits per heavy atom. The standard InChI is InChI=1S/C22H20ClFN2O4/c1-13-17(14(2)30-26-13)12-29-20-8-4-15(10-21(20)28-3)5-9-22(27)25-16-6-7-18(23)19(24)11-16/h4-11H,12H2,1-3H3,(H,25,27). The SMILES string of the molecule is COc1cc(C=CC(=O)Nc2ccc(Cl)c(F)c2)ccc1OCc1c(C)noc1C. The average Bonchev–Trinajstić information content (AvgIpc) is 3.05. The lowest BCUT2D eigenvalue weighted by molar-refractivity contribution is -0.111. The summed E-state index contributed by atoms with van der Waals surface area (Å²) in [5, 5.41) is 6.47. The number of benzene rings is 2. The molecule has 0 aliphatic heterocycles. The van der Waals surface area contributed by atoms with Gasteiger partial charge in [-0.1, -0.05) is 22.8 Å². The summed E-state index contributed by atoms with van der Waals surface area (Å²) in [6.45, 7) is 3.98. The summed E-state index contributed by atoms with van der Waals surface area (Å²) >= 11 is 5.63. The molecule has 8 heteroatoms. The molecule has 6 nitrogen and oxygen atoms in total. The van der Waals surface area contributed by atoms with E-state index in [-0.39, 0.29) is 5.02 Å². The summed E-state index contributed by atoms with van der Waals surface area (Å²) in [4.78, 5) is 12.1. The minimum atomic E-state index is -0.602. The first-order valence-corrected chi connectivity index (χ1v) is 9.42. The fourth-order valence-electron chi connectivity index (χ4n) is 2.69. The highest BCUT2D eigenvalue weighted by Gasteiger charge is 2.12. The molecular formula is C22H20ClFN2O4. The van der Waals surface area contributed by atoms with Gasteiger partial charge in [-0.15, -0.1) is 0 Å². The third kappa shape index (κ3) is 5.18. The molecule has 0 fully saturated rings. The van der Waals surface area contributed by atoms with Crippen molar-refractivity contribution in [3.8, 4) is 11.5 Å². The molecule has 1 heterocycles. The maximum atomic E-state index is 13.5. The molecule has 0 bridgehead atoms. The van der Waals surface area contributed by atoms with Gasteiger partial charge in [0, 0.05) is 11.8 Å². The van der Waals surface area contributed by atoms with Crippen LogP contribution in [0.1, 0.15) is 22.6 Å². The summed E-state index contributed by atoms with van der Waals surface area (Å²) in [5.74, 6) is 0.766. The Bertz CT molecular complexity index is 1080. The van der Waals surface area contributed by atoms with Crippen molar-refractivity contribution >= 4 is 29.3 Å². The van der Waals surface area contributed by atoms with Gasteiger partial charge in [0.15, 0.2) is 11.5 Å². The highest BCUT2D eigenvalue weighted by Crippen LogP contribution is 2.30. The summed E-state index contributed by atoms with van der Waals surface area (Å²) in [7, 11) is 1.54. The monoisotopic (exact) mass is 430 g/mol. The zero-order chi connectivity index (χ0) is 21.7. The molecule has 1 aromatic heterocycles. The molecule has 0 saturated carbocycles. The maximum Gasteiger partial charge on any atom is 0.248 e. The van der Waals surface area contributed by atoms with Crippen LogP contribution in [0, 0.1) is 19.7 Å². The molecule has 0 radical (unpaired) electrons. The van der Waals surface area contributed by atoms with Gasteiger partial charge >= 0.3 is 0 Å². The summed E-state index contributed by atoms with van der Waals surface area (Å²) in [6, 6.07) is 9.34. The van der Waals surface area contributed by atoms with Crippen LogP contribution < -0.4 is 14.8 Å². The van der Waals surface area contributed by atoms with Gasteiger partial charge in [0.25, 0.3) is 0 Å². The van der Waals surface area contributed by atoms with Gasteiger partial charge in [-0.3, -0.25) is 4.79 Å². The first-order chi connectivity index (χ1) is 14.4. The van der Waals surface area contributed by atoms with E-state index in [1.165, 1.54) is 25.3 Å². The quantitative estimate of drug-likeness (QED) is 0.513. The van der Waals surface area contributed by atoms with Gasteiger partial charge in [-0.2, -0.15) is 0 Å². The van der Waals surface area contributed by atoms with Gasteiger partial charge in [-0.05, 0) is 55.8 Å². The predicted molar refractivity (Wildman–Crippen MR) is 112 cm³/mol.